The molecule has 1 rings (SSSR count). The number of rotatable bonds is 10. The number of hydrogen-bond acceptors (Lipinski definition) is 9. The van der Waals surface area contributed by atoms with Crippen LogP contribution in [0.1, 0.15) is 19.4 Å². The summed E-state index contributed by atoms with van der Waals surface area (Å²) in [7, 11) is -3.95. The molecule has 0 heterocycles. The van der Waals surface area contributed by atoms with Crippen molar-refractivity contribution in [3.63, 3.8) is 0 Å². The van der Waals surface area contributed by atoms with Crippen molar-refractivity contribution < 1.29 is 109 Å². The molecule has 0 N–H and O–H groups in total. The molecule has 0 aliphatic carbocycles. The van der Waals surface area contributed by atoms with Crippen LogP contribution in [0, 0.1) is 6.92 Å². The van der Waals surface area contributed by atoms with Crippen LogP contribution in [0.4, 0.5) is 26.3 Å². The molecule has 0 radical (unpaired) electrons. The fourth-order valence-electron chi connectivity index (χ4n) is 1.60. The molecule has 0 unspecified atom stereocenters. The number of ether oxygens (including phenoxy) is 2. The first-order valence-corrected chi connectivity index (χ1v) is 12.2. The Morgan fingerprint density at radius 1 is 0.889 bits per heavy atom. The van der Waals surface area contributed by atoms with Crippen molar-refractivity contribution in [3.8, 4) is 0 Å². The Labute approximate surface area is 258 Å². The Hall–Kier alpha value is 0.176. The molecule has 1 aromatic rings. The summed E-state index contributed by atoms with van der Waals surface area (Å²) in [6.45, 7) is 0.846. The van der Waals surface area contributed by atoms with Crippen LogP contribution in [0.25, 0.3) is 0 Å². The van der Waals surface area contributed by atoms with Crippen LogP contribution in [0.5, 0.6) is 0 Å². The summed E-state index contributed by atoms with van der Waals surface area (Å²) in [4.78, 5) is 19.5. The average Bonchev–Trinajstić information content (AvgIpc) is 2.66. The van der Waals surface area contributed by atoms with Gasteiger partial charge in [-0.1, -0.05) is 29.5 Å². The largest absolute Gasteiger partial charge is 1.00 e. The van der Waals surface area contributed by atoms with Crippen LogP contribution in [0.2, 0.25) is 0 Å². The van der Waals surface area contributed by atoms with E-state index in [-0.39, 0.29) is 78.9 Å². The second-order valence-corrected chi connectivity index (χ2v) is 9.72. The smallest absolute Gasteiger partial charge is 0.742 e. The summed E-state index contributed by atoms with van der Waals surface area (Å²) in [5.41, 5.74) is 0.882. The number of carbonyl (C=O) groups excluding carboxylic acids is 2. The summed E-state index contributed by atoms with van der Waals surface area (Å²) in [6, 6.07) is 5.91. The van der Waals surface area contributed by atoms with Crippen molar-refractivity contribution in [2.75, 3.05) is 38.8 Å². The molecule has 0 aliphatic rings. The molecule has 17 heteroatoms. The molecule has 36 heavy (non-hydrogen) atoms. The average molecular weight is 615 g/mol. The van der Waals surface area contributed by atoms with Gasteiger partial charge in [-0.3, -0.25) is 8.98 Å². The van der Waals surface area contributed by atoms with Gasteiger partial charge in [0.2, 0.25) is 0 Å². The van der Waals surface area contributed by atoms with Gasteiger partial charge in [0.15, 0.2) is 5.12 Å². The maximum Gasteiger partial charge on any atom is 1.00 e. The van der Waals surface area contributed by atoms with Crippen molar-refractivity contribution in [1.82, 2.24) is 0 Å². The number of benzene rings is 1. The van der Waals surface area contributed by atoms with Crippen LogP contribution >= 0.6 is 11.8 Å². The van der Waals surface area contributed by atoms with Gasteiger partial charge in [0.05, 0.1) is 24.7 Å². The predicted molar refractivity (Wildman–Crippen MR) is 119 cm³/mol. The van der Waals surface area contributed by atoms with Crippen LogP contribution in [-0.4, -0.2) is 69.8 Å². The standard InChI is InChI=1S/C11H13F3O4S.C6H9F3O2S.C2H4OS.K/c1-9-2-4-10(5-3-9)19(15,16)18-7-6-17-8-11(12,13)14;1-5(10)12-3-2-11-4-6(7,8)9;1-2(3)4;/h2-5H,6-8H2,1H3;2-4H2,1H3;1H3,(H,3,4);/q;;;+1/p-1. The van der Waals surface area contributed by atoms with Crippen LogP contribution in [0.15, 0.2) is 29.2 Å². The summed E-state index contributed by atoms with van der Waals surface area (Å²) in [5, 5.41) is -0.370. The van der Waals surface area contributed by atoms with Gasteiger partial charge >= 0.3 is 63.7 Å². The second-order valence-electron chi connectivity index (χ2n) is 6.26. The predicted octanol–water partition coefficient (Wildman–Crippen LogP) is 1.21. The molecule has 7 nitrogen and oxygen atoms in total. The first-order valence-electron chi connectivity index (χ1n) is 9.42. The maximum atomic E-state index is 11.7. The van der Waals surface area contributed by atoms with Gasteiger partial charge in [0.25, 0.3) is 10.1 Å². The number of hydrogen-bond donors (Lipinski definition) is 0. The molecule has 0 amide bonds. The molecule has 0 atom stereocenters. The third-order valence-electron chi connectivity index (χ3n) is 2.84. The van der Waals surface area contributed by atoms with Gasteiger partial charge in [-0.05, 0) is 26.0 Å². The van der Waals surface area contributed by atoms with Gasteiger partial charge < -0.3 is 26.9 Å². The van der Waals surface area contributed by atoms with E-state index in [4.69, 9.17) is 0 Å². The Bertz CT molecular complexity index is 845. The molecular formula is C19H25F6KO7S3. The molecule has 0 saturated heterocycles. The van der Waals surface area contributed by atoms with E-state index in [0.29, 0.717) is 0 Å². The van der Waals surface area contributed by atoms with Crippen molar-refractivity contribution in [2.45, 2.75) is 38.0 Å². The quantitative estimate of drug-likeness (QED) is 0.127. The van der Waals surface area contributed by atoms with Gasteiger partial charge in [0.1, 0.15) is 13.2 Å². The Morgan fingerprint density at radius 3 is 1.69 bits per heavy atom. The fraction of sp³-hybridized carbons (Fsp3) is 0.579. The van der Waals surface area contributed by atoms with Crippen LogP contribution in [0.3, 0.4) is 0 Å². The molecule has 0 saturated carbocycles. The fourth-order valence-corrected chi connectivity index (χ4v) is 2.98. The molecule has 204 valence electrons. The van der Waals surface area contributed by atoms with E-state index in [1.165, 1.54) is 26.0 Å². The minimum absolute atomic E-state index is 0. The second kappa shape index (κ2) is 21.1. The third-order valence-corrected chi connectivity index (χ3v) is 4.94. The zero-order valence-corrected chi connectivity index (χ0v) is 25.5. The summed E-state index contributed by atoms with van der Waals surface area (Å²) in [6.07, 6.45) is -8.71. The van der Waals surface area contributed by atoms with Crippen molar-refractivity contribution in [1.29, 1.82) is 0 Å². The molecule has 0 aromatic heterocycles. The Balaban J connectivity index is -0.000000551. The summed E-state index contributed by atoms with van der Waals surface area (Å²) in [5.74, 6) is 0.269. The minimum Gasteiger partial charge on any atom is -0.742 e. The number of thioether (sulfide) groups is 1. The van der Waals surface area contributed by atoms with E-state index in [1.807, 2.05) is 0 Å². The van der Waals surface area contributed by atoms with Crippen molar-refractivity contribution in [2.24, 2.45) is 0 Å². The monoisotopic (exact) mass is 614 g/mol. The van der Waals surface area contributed by atoms with E-state index in [0.717, 1.165) is 17.3 Å². The summed E-state index contributed by atoms with van der Waals surface area (Å²) >= 11 is 4.93. The van der Waals surface area contributed by atoms with Gasteiger partial charge in [-0.15, -0.1) is 0 Å². The van der Waals surface area contributed by atoms with Gasteiger partial charge in [-0.25, -0.2) is 0 Å². The number of halogens is 6. The van der Waals surface area contributed by atoms with E-state index in [9.17, 15) is 44.3 Å². The molecule has 0 aliphatic heterocycles. The van der Waals surface area contributed by atoms with Crippen molar-refractivity contribution >= 4 is 44.7 Å². The van der Waals surface area contributed by atoms with E-state index in [1.54, 1.807) is 19.1 Å². The van der Waals surface area contributed by atoms with Crippen molar-refractivity contribution in [3.05, 3.63) is 29.8 Å². The minimum atomic E-state index is -4.43. The molecule has 0 bridgehead atoms. The number of alkyl halides is 6. The third kappa shape index (κ3) is 30.4. The topological polar surface area (TPSA) is 96.0 Å². The van der Waals surface area contributed by atoms with E-state index >= 15 is 0 Å². The van der Waals surface area contributed by atoms with Gasteiger partial charge in [-0.2, -0.15) is 34.8 Å². The molecular weight excluding hydrogens is 589 g/mol. The SMILES string of the molecule is CC(=O)SCCOCC(F)(F)F.CC(=O)[S-].Cc1ccc(S(=O)(=O)OCCOCC(F)(F)F)cc1.[K+]. The number of carbonyl (C=O) groups is 2. The molecule has 0 spiro atoms. The van der Waals surface area contributed by atoms with Crippen LogP contribution < -0.4 is 51.4 Å². The molecule has 1 aromatic carbocycles. The van der Waals surface area contributed by atoms with E-state index < -0.39 is 48.9 Å². The summed E-state index contributed by atoms with van der Waals surface area (Å²) < 4.78 is 106. The zero-order valence-electron chi connectivity index (χ0n) is 19.9. The van der Waals surface area contributed by atoms with Crippen LogP contribution in [-0.2, 0) is 46.0 Å². The number of aryl methyl sites for hydroxylation is 1. The maximum absolute atomic E-state index is 11.7. The Kier molecular flexibility index (Phi) is 23.8. The van der Waals surface area contributed by atoms with Gasteiger partial charge in [0, 0.05) is 17.8 Å². The first-order chi connectivity index (χ1) is 15.9. The zero-order chi connectivity index (χ0) is 27.7. The molecule has 0 fully saturated rings. The van der Waals surface area contributed by atoms with E-state index in [2.05, 4.69) is 26.3 Å². The Morgan fingerprint density at radius 2 is 1.31 bits per heavy atom. The normalized spacial score (nSPS) is 11.2. The first kappa shape index (κ1) is 40.7.